The number of aryl methyl sites for hydroxylation is 1. The van der Waals surface area contributed by atoms with Crippen LogP contribution in [-0.4, -0.2) is 35.9 Å². The van der Waals surface area contributed by atoms with Gasteiger partial charge in [0.25, 0.3) is 0 Å². The fraction of sp³-hybridized carbons (Fsp3) is 0.440. The van der Waals surface area contributed by atoms with E-state index >= 15 is 0 Å². The normalized spacial score (nSPS) is 11.6. The van der Waals surface area contributed by atoms with Crippen LogP contribution < -0.4 is 10.1 Å². The van der Waals surface area contributed by atoms with Gasteiger partial charge in [0.15, 0.2) is 0 Å². The molecule has 0 fully saturated rings. The molecule has 1 unspecified atom stereocenters. The molecule has 0 bridgehead atoms. The minimum atomic E-state index is -0.490. The van der Waals surface area contributed by atoms with Crippen LogP contribution in [0.25, 0.3) is 0 Å². The van der Waals surface area contributed by atoms with Gasteiger partial charge in [-0.05, 0) is 61.6 Å². The maximum Gasteiger partial charge on any atom is 0.242 e. The van der Waals surface area contributed by atoms with Crippen LogP contribution in [0.4, 0.5) is 0 Å². The van der Waals surface area contributed by atoms with Crippen molar-refractivity contribution in [3.63, 3.8) is 0 Å². The molecule has 5 nitrogen and oxygen atoms in total. The van der Waals surface area contributed by atoms with Crippen LogP contribution in [0.15, 0.2) is 48.5 Å². The molecule has 2 aromatic rings. The summed E-state index contributed by atoms with van der Waals surface area (Å²) in [6.45, 7) is 7.43. The van der Waals surface area contributed by atoms with E-state index in [1.54, 1.807) is 29.2 Å². The highest BCUT2D eigenvalue weighted by Crippen LogP contribution is 2.18. The lowest BCUT2D eigenvalue weighted by molar-refractivity contribution is -0.141. The summed E-state index contributed by atoms with van der Waals surface area (Å²) in [4.78, 5) is 27.6. The standard InChI is InChI=1S/C25H33ClN2O3/c1-4-16-27-25(30)23(5-2)28(18-20-10-7-6-9-19(20)3)24(29)11-8-17-31-22-14-12-21(26)13-15-22/h6-7,9-10,12-15,23H,4-5,8,11,16-18H2,1-3H3,(H,27,30). The van der Waals surface area contributed by atoms with E-state index in [2.05, 4.69) is 5.32 Å². The van der Waals surface area contributed by atoms with Crippen molar-refractivity contribution in [1.29, 1.82) is 0 Å². The number of nitrogens with one attached hydrogen (secondary N) is 1. The van der Waals surface area contributed by atoms with E-state index in [9.17, 15) is 9.59 Å². The molecular formula is C25H33ClN2O3. The molecule has 0 aliphatic rings. The van der Waals surface area contributed by atoms with E-state index in [4.69, 9.17) is 16.3 Å². The van der Waals surface area contributed by atoms with Crippen molar-refractivity contribution in [2.45, 2.75) is 59.0 Å². The Morgan fingerprint density at radius 3 is 2.45 bits per heavy atom. The summed E-state index contributed by atoms with van der Waals surface area (Å²) in [7, 11) is 0. The van der Waals surface area contributed by atoms with Gasteiger partial charge in [-0.15, -0.1) is 0 Å². The third-order valence-corrected chi connectivity index (χ3v) is 5.41. The molecule has 31 heavy (non-hydrogen) atoms. The first kappa shape index (κ1) is 24.7. The van der Waals surface area contributed by atoms with E-state index in [1.165, 1.54) is 0 Å². The minimum Gasteiger partial charge on any atom is -0.494 e. The van der Waals surface area contributed by atoms with E-state index in [-0.39, 0.29) is 11.8 Å². The second kappa shape index (κ2) is 13.0. The number of hydrogen-bond donors (Lipinski definition) is 1. The second-order valence-electron chi connectivity index (χ2n) is 7.57. The molecule has 0 radical (unpaired) electrons. The fourth-order valence-corrected chi connectivity index (χ4v) is 3.47. The van der Waals surface area contributed by atoms with Crippen LogP contribution >= 0.6 is 11.6 Å². The van der Waals surface area contributed by atoms with Gasteiger partial charge in [-0.3, -0.25) is 9.59 Å². The number of ether oxygens (including phenoxy) is 1. The van der Waals surface area contributed by atoms with Gasteiger partial charge >= 0.3 is 0 Å². The van der Waals surface area contributed by atoms with Crippen LogP contribution in [0.3, 0.4) is 0 Å². The fourth-order valence-electron chi connectivity index (χ4n) is 3.34. The molecule has 0 aliphatic heterocycles. The largest absolute Gasteiger partial charge is 0.494 e. The average molecular weight is 445 g/mol. The summed E-state index contributed by atoms with van der Waals surface area (Å²) in [5.74, 6) is 0.587. The Kier molecular flexibility index (Phi) is 10.4. The van der Waals surface area contributed by atoms with Gasteiger partial charge in [0.05, 0.1) is 6.61 Å². The Hall–Kier alpha value is -2.53. The van der Waals surface area contributed by atoms with Crippen molar-refractivity contribution in [3.8, 4) is 5.75 Å². The highest BCUT2D eigenvalue weighted by molar-refractivity contribution is 6.30. The zero-order valence-electron chi connectivity index (χ0n) is 18.7. The number of rotatable bonds is 12. The Morgan fingerprint density at radius 1 is 1.10 bits per heavy atom. The Bertz CT molecular complexity index is 839. The molecule has 168 valence electrons. The van der Waals surface area contributed by atoms with Crippen molar-refractivity contribution in [2.24, 2.45) is 0 Å². The summed E-state index contributed by atoms with van der Waals surface area (Å²) in [6.07, 6.45) is 2.31. The van der Waals surface area contributed by atoms with E-state index in [1.807, 2.05) is 45.0 Å². The third kappa shape index (κ3) is 7.91. The molecule has 2 rings (SSSR count). The number of carbonyl (C=O) groups is 2. The Balaban J connectivity index is 2.04. The highest BCUT2D eigenvalue weighted by atomic mass is 35.5. The van der Waals surface area contributed by atoms with Crippen LogP contribution in [0.5, 0.6) is 5.75 Å². The molecule has 0 aromatic heterocycles. The lowest BCUT2D eigenvalue weighted by Gasteiger charge is -2.31. The quantitative estimate of drug-likeness (QED) is 0.461. The molecule has 2 amide bonds. The van der Waals surface area contributed by atoms with Gasteiger partial charge in [0, 0.05) is 24.5 Å². The predicted octanol–water partition coefficient (Wildman–Crippen LogP) is 5.14. The molecule has 0 saturated carbocycles. The van der Waals surface area contributed by atoms with Crippen LogP contribution in [-0.2, 0) is 16.1 Å². The molecule has 0 spiro atoms. The predicted molar refractivity (Wildman–Crippen MR) is 125 cm³/mol. The maximum absolute atomic E-state index is 13.2. The van der Waals surface area contributed by atoms with Gasteiger partial charge in [0.1, 0.15) is 11.8 Å². The highest BCUT2D eigenvalue weighted by Gasteiger charge is 2.28. The SMILES string of the molecule is CCCNC(=O)C(CC)N(Cc1ccccc1C)C(=O)CCCOc1ccc(Cl)cc1. The number of hydrogen-bond acceptors (Lipinski definition) is 3. The van der Waals surface area contributed by atoms with E-state index in [0.29, 0.717) is 44.0 Å². The van der Waals surface area contributed by atoms with Gasteiger partial charge in [-0.2, -0.15) is 0 Å². The topological polar surface area (TPSA) is 58.6 Å². The smallest absolute Gasteiger partial charge is 0.242 e. The van der Waals surface area contributed by atoms with Crippen LogP contribution in [0.2, 0.25) is 5.02 Å². The van der Waals surface area contributed by atoms with Crippen molar-refractivity contribution >= 4 is 23.4 Å². The molecule has 0 saturated heterocycles. The van der Waals surface area contributed by atoms with Crippen molar-refractivity contribution in [1.82, 2.24) is 10.2 Å². The van der Waals surface area contributed by atoms with Crippen LogP contribution in [0, 0.1) is 6.92 Å². The van der Waals surface area contributed by atoms with Gasteiger partial charge in [-0.1, -0.05) is 49.7 Å². The number of halogens is 1. The maximum atomic E-state index is 13.2. The van der Waals surface area contributed by atoms with Gasteiger partial charge in [-0.25, -0.2) is 0 Å². The summed E-state index contributed by atoms with van der Waals surface area (Å²) >= 11 is 5.89. The second-order valence-corrected chi connectivity index (χ2v) is 8.01. The molecule has 1 atom stereocenters. The van der Waals surface area contributed by atoms with Crippen molar-refractivity contribution in [3.05, 3.63) is 64.7 Å². The lowest BCUT2D eigenvalue weighted by atomic mass is 10.1. The summed E-state index contributed by atoms with van der Waals surface area (Å²) in [5.41, 5.74) is 2.16. The first-order chi connectivity index (χ1) is 15.0. The van der Waals surface area contributed by atoms with E-state index in [0.717, 1.165) is 23.3 Å². The van der Waals surface area contributed by atoms with E-state index < -0.39 is 6.04 Å². The minimum absolute atomic E-state index is 0.0403. The number of nitrogens with zero attached hydrogens (tertiary/aromatic N) is 1. The number of benzene rings is 2. The van der Waals surface area contributed by atoms with Gasteiger partial charge < -0.3 is 15.0 Å². The zero-order valence-corrected chi connectivity index (χ0v) is 19.5. The molecule has 1 N–H and O–H groups in total. The summed E-state index contributed by atoms with van der Waals surface area (Å²) < 4.78 is 5.71. The molecule has 0 heterocycles. The van der Waals surface area contributed by atoms with Crippen molar-refractivity contribution < 1.29 is 14.3 Å². The monoisotopic (exact) mass is 444 g/mol. The number of amides is 2. The summed E-state index contributed by atoms with van der Waals surface area (Å²) in [6, 6.07) is 14.6. The summed E-state index contributed by atoms with van der Waals surface area (Å²) in [5, 5.41) is 3.60. The van der Waals surface area contributed by atoms with Gasteiger partial charge in [0.2, 0.25) is 11.8 Å². The first-order valence-corrected chi connectivity index (χ1v) is 11.3. The molecule has 0 aliphatic carbocycles. The Labute approximate surface area is 190 Å². The average Bonchev–Trinajstić information content (AvgIpc) is 2.77. The molecule has 6 heteroatoms. The van der Waals surface area contributed by atoms with Crippen molar-refractivity contribution in [2.75, 3.05) is 13.2 Å². The third-order valence-electron chi connectivity index (χ3n) is 5.15. The zero-order chi connectivity index (χ0) is 22.6. The first-order valence-electron chi connectivity index (χ1n) is 11.0. The molecular weight excluding hydrogens is 412 g/mol. The number of carbonyl (C=O) groups excluding carboxylic acids is 2. The van der Waals surface area contributed by atoms with Crippen LogP contribution in [0.1, 0.15) is 50.7 Å². The Morgan fingerprint density at radius 2 is 1.81 bits per heavy atom. The molecule has 2 aromatic carbocycles. The lowest BCUT2D eigenvalue weighted by Crippen LogP contribution is -2.49.